The highest BCUT2D eigenvalue weighted by atomic mass is 16.5. The second kappa shape index (κ2) is 11.9. The maximum absolute atomic E-state index is 5.95. The number of methoxy groups -OCH3 is 1. The highest BCUT2D eigenvalue weighted by Crippen LogP contribution is 2.26. The van der Waals surface area contributed by atoms with Crippen LogP contribution in [0.25, 0.3) is 0 Å². The summed E-state index contributed by atoms with van der Waals surface area (Å²) in [5.41, 5.74) is 0. The number of aryl methyl sites for hydroxylation is 1. The molecule has 160 valence electrons. The third kappa shape index (κ3) is 7.63. The number of benzene rings is 1. The van der Waals surface area contributed by atoms with Gasteiger partial charge in [0.1, 0.15) is 6.10 Å². The van der Waals surface area contributed by atoms with Gasteiger partial charge in [0.05, 0.1) is 13.7 Å². The monoisotopic (exact) mass is 403 g/mol. The molecule has 2 rings (SSSR count). The van der Waals surface area contributed by atoms with Crippen LogP contribution in [0.4, 0.5) is 0 Å². The average Bonchev–Trinajstić information content (AvgIpc) is 3.19. The third-order valence-corrected chi connectivity index (χ3v) is 4.11. The van der Waals surface area contributed by atoms with E-state index in [4.69, 9.17) is 14.0 Å². The van der Waals surface area contributed by atoms with Crippen LogP contribution in [0, 0.1) is 0 Å². The maximum atomic E-state index is 5.95. The van der Waals surface area contributed by atoms with Gasteiger partial charge in [0.25, 0.3) is 0 Å². The zero-order valence-corrected chi connectivity index (χ0v) is 18.1. The van der Waals surface area contributed by atoms with Gasteiger partial charge in [-0.15, -0.1) is 0 Å². The summed E-state index contributed by atoms with van der Waals surface area (Å²) in [6.45, 7) is 10.2. The molecule has 2 N–H and O–H groups in total. The van der Waals surface area contributed by atoms with E-state index in [9.17, 15) is 0 Å². The predicted octanol–water partition coefficient (Wildman–Crippen LogP) is 3.16. The Bertz CT molecular complexity index is 760. The van der Waals surface area contributed by atoms with Gasteiger partial charge in [-0.3, -0.25) is 0 Å². The summed E-state index contributed by atoms with van der Waals surface area (Å²) in [6, 6.07) is 7.61. The van der Waals surface area contributed by atoms with Crippen molar-refractivity contribution in [3.8, 4) is 11.5 Å². The van der Waals surface area contributed by atoms with Crippen LogP contribution < -0.4 is 20.1 Å². The van der Waals surface area contributed by atoms with Crippen molar-refractivity contribution in [2.45, 2.75) is 52.6 Å². The molecule has 0 aliphatic heterocycles. The molecule has 0 radical (unpaired) electrons. The van der Waals surface area contributed by atoms with E-state index >= 15 is 0 Å². The molecule has 0 fully saturated rings. The fourth-order valence-electron chi connectivity index (χ4n) is 2.58. The Hall–Kier alpha value is -2.77. The van der Waals surface area contributed by atoms with Crippen molar-refractivity contribution in [2.75, 3.05) is 26.7 Å². The van der Waals surface area contributed by atoms with Crippen molar-refractivity contribution in [3.05, 3.63) is 36.0 Å². The number of hydrogen-bond acceptors (Lipinski definition) is 6. The van der Waals surface area contributed by atoms with Crippen molar-refractivity contribution in [3.63, 3.8) is 0 Å². The van der Waals surface area contributed by atoms with Crippen molar-refractivity contribution in [1.82, 2.24) is 20.8 Å². The Labute approximate surface area is 173 Å². The van der Waals surface area contributed by atoms with E-state index in [-0.39, 0.29) is 12.0 Å². The molecule has 8 heteroatoms. The first-order valence-electron chi connectivity index (χ1n) is 10.2. The molecule has 0 aliphatic carbocycles. The van der Waals surface area contributed by atoms with Gasteiger partial charge in [-0.1, -0.05) is 31.1 Å². The van der Waals surface area contributed by atoms with E-state index in [1.165, 1.54) is 0 Å². The summed E-state index contributed by atoms with van der Waals surface area (Å²) < 4.78 is 16.6. The Balaban J connectivity index is 1.79. The van der Waals surface area contributed by atoms with E-state index < -0.39 is 0 Å². The summed E-state index contributed by atoms with van der Waals surface area (Å²) in [5, 5.41) is 10.6. The number of ether oxygens (including phenoxy) is 2. The van der Waals surface area contributed by atoms with Crippen LogP contribution in [-0.2, 0) is 6.42 Å². The SMILES string of the molecule is CCNC(=NCC(C)Oc1ccccc1OC)NCCCc1nc(C(C)C)no1. The minimum Gasteiger partial charge on any atom is -0.493 e. The fourth-order valence-corrected chi connectivity index (χ4v) is 2.58. The minimum absolute atomic E-state index is 0.0883. The summed E-state index contributed by atoms with van der Waals surface area (Å²) in [5.74, 6) is 3.91. The van der Waals surface area contributed by atoms with Crippen LogP contribution in [0.1, 0.15) is 51.7 Å². The van der Waals surface area contributed by atoms with Crippen molar-refractivity contribution in [2.24, 2.45) is 4.99 Å². The number of rotatable bonds is 11. The standard InChI is InChI=1S/C21H33N5O3/c1-6-22-21(23-13-9-12-19-25-20(15(2)3)26-29-19)24-14-16(4)28-18-11-8-7-10-17(18)27-5/h7-8,10-11,15-16H,6,9,12-14H2,1-5H3,(H2,22,23,24). The molecule has 1 heterocycles. The molecule has 1 unspecified atom stereocenters. The first kappa shape index (κ1) is 22.5. The lowest BCUT2D eigenvalue weighted by atomic mass is 10.2. The van der Waals surface area contributed by atoms with Gasteiger partial charge in [0.15, 0.2) is 23.3 Å². The number of hydrogen-bond donors (Lipinski definition) is 2. The molecule has 0 spiro atoms. The van der Waals surface area contributed by atoms with Gasteiger partial charge >= 0.3 is 0 Å². The summed E-state index contributed by atoms with van der Waals surface area (Å²) in [7, 11) is 1.64. The van der Waals surface area contributed by atoms with Crippen LogP contribution in [0.15, 0.2) is 33.8 Å². The minimum atomic E-state index is -0.0883. The lowest BCUT2D eigenvalue weighted by Gasteiger charge is -2.16. The lowest BCUT2D eigenvalue weighted by molar-refractivity contribution is 0.219. The molecule has 1 aromatic carbocycles. The van der Waals surface area contributed by atoms with Crippen molar-refractivity contribution >= 4 is 5.96 Å². The second-order valence-corrected chi connectivity index (χ2v) is 7.03. The summed E-state index contributed by atoms with van der Waals surface area (Å²) in [6.07, 6.45) is 1.52. The van der Waals surface area contributed by atoms with E-state index in [2.05, 4.69) is 25.8 Å². The number of nitrogens with one attached hydrogen (secondary N) is 2. The van der Waals surface area contributed by atoms with Gasteiger partial charge in [0, 0.05) is 25.4 Å². The molecule has 0 aliphatic rings. The zero-order chi connectivity index (χ0) is 21.1. The highest BCUT2D eigenvalue weighted by molar-refractivity contribution is 5.79. The van der Waals surface area contributed by atoms with Crippen LogP contribution in [0.2, 0.25) is 0 Å². The number of nitrogens with zero attached hydrogens (tertiary/aromatic N) is 3. The quantitative estimate of drug-likeness (QED) is 0.338. The third-order valence-electron chi connectivity index (χ3n) is 4.11. The summed E-state index contributed by atoms with van der Waals surface area (Å²) >= 11 is 0. The van der Waals surface area contributed by atoms with Gasteiger partial charge in [-0.25, -0.2) is 4.99 Å². The zero-order valence-electron chi connectivity index (χ0n) is 18.1. The van der Waals surface area contributed by atoms with E-state index in [0.717, 1.165) is 49.2 Å². The van der Waals surface area contributed by atoms with Crippen LogP contribution >= 0.6 is 0 Å². The lowest BCUT2D eigenvalue weighted by Crippen LogP contribution is -2.38. The largest absolute Gasteiger partial charge is 0.493 e. The Morgan fingerprint density at radius 3 is 2.59 bits per heavy atom. The fraction of sp³-hybridized carbons (Fsp3) is 0.571. The van der Waals surface area contributed by atoms with E-state index in [1.807, 2.05) is 52.0 Å². The Morgan fingerprint density at radius 2 is 1.93 bits per heavy atom. The molecule has 1 aromatic heterocycles. The van der Waals surface area contributed by atoms with E-state index in [0.29, 0.717) is 12.4 Å². The second-order valence-electron chi connectivity index (χ2n) is 7.03. The van der Waals surface area contributed by atoms with Crippen LogP contribution in [-0.4, -0.2) is 48.9 Å². The molecule has 1 atom stereocenters. The Kier molecular flexibility index (Phi) is 9.27. The maximum Gasteiger partial charge on any atom is 0.226 e. The molecule has 0 amide bonds. The molecular formula is C21H33N5O3. The van der Waals surface area contributed by atoms with Crippen molar-refractivity contribution in [1.29, 1.82) is 0 Å². The topological polar surface area (TPSA) is 93.8 Å². The van der Waals surface area contributed by atoms with Crippen LogP contribution in [0.3, 0.4) is 0 Å². The smallest absolute Gasteiger partial charge is 0.226 e. The van der Waals surface area contributed by atoms with Crippen LogP contribution in [0.5, 0.6) is 11.5 Å². The van der Waals surface area contributed by atoms with Gasteiger partial charge in [-0.05, 0) is 32.4 Å². The molecule has 0 saturated heterocycles. The Morgan fingerprint density at radius 1 is 1.17 bits per heavy atom. The molecule has 0 saturated carbocycles. The van der Waals surface area contributed by atoms with Gasteiger partial charge in [-0.2, -0.15) is 4.98 Å². The average molecular weight is 404 g/mol. The number of aliphatic imine (C=N–C) groups is 1. The molecule has 0 bridgehead atoms. The normalized spacial score (nSPS) is 12.7. The molecule has 2 aromatic rings. The van der Waals surface area contributed by atoms with Crippen molar-refractivity contribution < 1.29 is 14.0 Å². The number of aromatic nitrogens is 2. The first-order chi connectivity index (χ1) is 14.0. The number of guanidine groups is 1. The van der Waals surface area contributed by atoms with E-state index in [1.54, 1.807) is 7.11 Å². The van der Waals surface area contributed by atoms with Gasteiger partial charge in [0.2, 0.25) is 5.89 Å². The first-order valence-corrected chi connectivity index (χ1v) is 10.2. The molecule has 29 heavy (non-hydrogen) atoms. The number of para-hydroxylation sites is 2. The molecular weight excluding hydrogens is 370 g/mol. The predicted molar refractivity (Wildman–Crippen MR) is 114 cm³/mol. The van der Waals surface area contributed by atoms with Gasteiger partial charge < -0.3 is 24.6 Å². The highest BCUT2D eigenvalue weighted by Gasteiger charge is 2.10. The summed E-state index contributed by atoms with van der Waals surface area (Å²) in [4.78, 5) is 9.01. The molecule has 8 nitrogen and oxygen atoms in total.